The van der Waals surface area contributed by atoms with E-state index in [0.29, 0.717) is 6.61 Å². The Morgan fingerprint density at radius 3 is 2.68 bits per heavy atom. The summed E-state index contributed by atoms with van der Waals surface area (Å²) in [6, 6.07) is 14.0. The number of piperidine rings is 1. The lowest BCUT2D eigenvalue weighted by molar-refractivity contribution is -0.120. The highest BCUT2D eigenvalue weighted by Gasteiger charge is 2.26. The number of aryl methyl sites for hydroxylation is 1. The average molecular weight is 396 g/mol. The largest absolute Gasteiger partial charge is 0.494 e. The molecule has 0 unspecified atom stereocenters. The molecular formula is C22H25N3O2S. The van der Waals surface area contributed by atoms with E-state index < -0.39 is 0 Å². The number of benzene rings is 2. The maximum Gasteiger partial charge on any atom is 0.227 e. The molecule has 3 aromatic rings. The second kappa shape index (κ2) is 8.19. The molecule has 0 spiro atoms. The minimum atomic E-state index is 0.0523. The molecule has 1 aliphatic heterocycles. The molecule has 1 aromatic heterocycles. The maximum absolute atomic E-state index is 12.6. The first kappa shape index (κ1) is 18.7. The highest BCUT2D eigenvalue weighted by atomic mass is 32.1. The van der Waals surface area contributed by atoms with E-state index in [9.17, 15) is 4.79 Å². The number of hydrogen-bond acceptors (Lipinski definition) is 5. The van der Waals surface area contributed by atoms with Gasteiger partial charge in [0.2, 0.25) is 5.91 Å². The molecule has 1 saturated heterocycles. The molecule has 4 rings (SSSR count). The number of ether oxygens (including phenoxy) is 1. The van der Waals surface area contributed by atoms with E-state index >= 15 is 0 Å². The van der Waals surface area contributed by atoms with Crippen molar-refractivity contribution in [1.29, 1.82) is 0 Å². The Labute approximate surface area is 169 Å². The monoisotopic (exact) mass is 395 g/mol. The highest BCUT2D eigenvalue weighted by Crippen LogP contribution is 2.33. The van der Waals surface area contributed by atoms with Gasteiger partial charge in [-0.25, -0.2) is 4.98 Å². The van der Waals surface area contributed by atoms with Crippen LogP contribution in [-0.4, -0.2) is 30.6 Å². The average Bonchev–Trinajstić information content (AvgIpc) is 3.13. The summed E-state index contributed by atoms with van der Waals surface area (Å²) in [7, 11) is 0. The Kier molecular flexibility index (Phi) is 5.48. The van der Waals surface area contributed by atoms with Crippen LogP contribution in [0.5, 0.6) is 5.75 Å². The van der Waals surface area contributed by atoms with Crippen molar-refractivity contribution in [2.75, 3.05) is 29.9 Å². The van der Waals surface area contributed by atoms with Crippen LogP contribution in [0.4, 0.5) is 10.8 Å². The van der Waals surface area contributed by atoms with Crippen LogP contribution in [0.25, 0.3) is 10.2 Å². The van der Waals surface area contributed by atoms with Crippen molar-refractivity contribution in [3.05, 3.63) is 48.0 Å². The third-order valence-electron chi connectivity index (χ3n) is 5.11. The molecule has 0 saturated carbocycles. The van der Waals surface area contributed by atoms with Crippen LogP contribution in [0, 0.1) is 12.8 Å². The summed E-state index contributed by atoms with van der Waals surface area (Å²) in [6.45, 7) is 6.39. The second-order valence-corrected chi connectivity index (χ2v) is 8.18. The molecule has 1 fully saturated rings. The van der Waals surface area contributed by atoms with Crippen LogP contribution in [-0.2, 0) is 4.79 Å². The van der Waals surface area contributed by atoms with E-state index in [1.165, 1.54) is 5.56 Å². The number of carbonyl (C=O) groups excluding carboxylic acids is 1. The minimum absolute atomic E-state index is 0.0523. The van der Waals surface area contributed by atoms with Gasteiger partial charge in [-0.2, -0.15) is 0 Å². The van der Waals surface area contributed by atoms with Crippen LogP contribution in [0.3, 0.4) is 0 Å². The summed E-state index contributed by atoms with van der Waals surface area (Å²) in [5.41, 5.74) is 3.06. The summed E-state index contributed by atoms with van der Waals surface area (Å²) in [5.74, 6) is 1.06. The second-order valence-electron chi connectivity index (χ2n) is 7.18. The van der Waals surface area contributed by atoms with Crippen LogP contribution < -0.4 is 15.0 Å². The Morgan fingerprint density at radius 1 is 1.21 bits per heavy atom. The minimum Gasteiger partial charge on any atom is -0.494 e. The van der Waals surface area contributed by atoms with Crippen molar-refractivity contribution < 1.29 is 9.53 Å². The van der Waals surface area contributed by atoms with E-state index in [-0.39, 0.29) is 11.8 Å². The van der Waals surface area contributed by atoms with Crippen molar-refractivity contribution in [2.24, 2.45) is 5.92 Å². The predicted octanol–water partition coefficient (Wildman–Crippen LogP) is 4.86. The Bertz CT molecular complexity index is 960. The number of nitrogens with zero attached hydrogens (tertiary/aromatic N) is 2. The van der Waals surface area contributed by atoms with Crippen LogP contribution >= 0.6 is 11.3 Å². The molecule has 1 amide bonds. The van der Waals surface area contributed by atoms with Crippen molar-refractivity contribution in [3.8, 4) is 5.75 Å². The zero-order chi connectivity index (χ0) is 19.5. The van der Waals surface area contributed by atoms with Gasteiger partial charge in [0.05, 0.1) is 16.8 Å². The van der Waals surface area contributed by atoms with Gasteiger partial charge in [0.15, 0.2) is 5.13 Å². The molecule has 0 atom stereocenters. The molecule has 0 aliphatic carbocycles. The molecule has 0 radical (unpaired) electrons. The molecule has 146 valence electrons. The molecule has 0 bridgehead atoms. The third kappa shape index (κ3) is 4.12. The van der Waals surface area contributed by atoms with Crippen molar-refractivity contribution in [1.82, 2.24) is 4.98 Å². The lowest BCUT2D eigenvalue weighted by Gasteiger charge is -2.31. The van der Waals surface area contributed by atoms with Gasteiger partial charge >= 0.3 is 0 Å². The van der Waals surface area contributed by atoms with E-state index in [0.717, 1.165) is 52.7 Å². The van der Waals surface area contributed by atoms with Gasteiger partial charge in [-0.05, 0) is 57.0 Å². The van der Waals surface area contributed by atoms with Gasteiger partial charge in [-0.1, -0.05) is 29.0 Å². The van der Waals surface area contributed by atoms with Crippen LogP contribution in [0.15, 0.2) is 42.5 Å². The van der Waals surface area contributed by atoms with Gasteiger partial charge in [0, 0.05) is 24.7 Å². The van der Waals surface area contributed by atoms with Crippen LogP contribution in [0.2, 0.25) is 0 Å². The summed E-state index contributed by atoms with van der Waals surface area (Å²) in [4.78, 5) is 19.6. The van der Waals surface area contributed by atoms with E-state index in [1.807, 2.05) is 50.2 Å². The number of thiazole rings is 1. The van der Waals surface area contributed by atoms with Gasteiger partial charge in [-0.3, -0.25) is 4.79 Å². The molecule has 1 aliphatic rings. The first-order valence-electron chi connectivity index (χ1n) is 9.78. The molecule has 28 heavy (non-hydrogen) atoms. The van der Waals surface area contributed by atoms with Gasteiger partial charge in [-0.15, -0.1) is 0 Å². The molecule has 6 heteroatoms. The standard InChI is InChI=1S/C22H25N3O2S/c1-3-27-18-8-9-19-20(14-18)28-22(24-19)25-12-10-16(11-13-25)21(26)23-17-6-4-15(2)5-7-17/h4-9,14,16H,3,10-13H2,1-2H3,(H,23,26). The molecule has 2 heterocycles. The van der Waals surface area contributed by atoms with Crippen molar-refractivity contribution in [2.45, 2.75) is 26.7 Å². The number of carbonyl (C=O) groups is 1. The topological polar surface area (TPSA) is 54.5 Å². The van der Waals surface area contributed by atoms with Gasteiger partial charge in [0.25, 0.3) is 0 Å². The Hall–Kier alpha value is -2.60. The van der Waals surface area contributed by atoms with Crippen molar-refractivity contribution in [3.63, 3.8) is 0 Å². The number of anilines is 2. The Morgan fingerprint density at radius 2 is 1.96 bits per heavy atom. The predicted molar refractivity (Wildman–Crippen MR) is 116 cm³/mol. The number of aromatic nitrogens is 1. The van der Waals surface area contributed by atoms with E-state index in [2.05, 4.69) is 16.3 Å². The summed E-state index contributed by atoms with van der Waals surface area (Å²) >= 11 is 1.69. The summed E-state index contributed by atoms with van der Waals surface area (Å²) < 4.78 is 6.72. The first-order valence-corrected chi connectivity index (χ1v) is 10.6. The lowest BCUT2D eigenvalue weighted by atomic mass is 9.96. The fraction of sp³-hybridized carbons (Fsp3) is 0.364. The third-order valence-corrected chi connectivity index (χ3v) is 6.19. The number of nitrogens with one attached hydrogen (secondary N) is 1. The number of hydrogen-bond donors (Lipinski definition) is 1. The number of amides is 1. The maximum atomic E-state index is 12.6. The van der Waals surface area contributed by atoms with E-state index in [1.54, 1.807) is 11.3 Å². The first-order chi connectivity index (χ1) is 13.6. The SMILES string of the molecule is CCOc1ccc2nc(N3CCC(C(=O)Nc4ccc(C)cc4)CC3)sc2c1. The zero-order valence-corrected chi connectivity index (χ0v) is 17.1. The number of fused-ring (bicyclic) bond motifs is 1. The smallest absolute Gasteiger partial charge is 0.227 e. The fourth-order valence-corrected chi connectivity index (χ4v) is 4.54. The highest BCUT2D eigenvalue weighted by molar-refractivity contribution is 7.22. The summed E-state index contributed by atoms with van der Waals surface area (Å²) in [5, 5.41) is 4.08. The van der Waals surface area contributed by atoms with Crippen molar-refractivity contribution >= 4 is 38.3 Å². The van der Waals surface area contributed by atoms with Crippen LogP contribution in [0.1, 0.15) is 25.3 Å². The molecule has 2 aromatic carbocycles. The fourth-order valence-electron chi connectivity index (χ4n) is 3.50. The van der Waals surface area contributed by atoms with Gasteiger partial charge in [0.1, 0.15) is 5.75 Å². The normalized spacial score (nSPS) is 15.0. The zero-order valence-electron chi connectivity index (χ0n) is 16.3. The molecule has 5 nitrogen and oxygen atoms in total. The van der Waals surface area contributed by atoms with Gasteiger partial charge < -0.3 is 15.0 Å². The van der Waals surface area contributed by atoms with E-state index in [4.69, 9.17) is 9.72 Å². The Balaban J connectivity index is 1.37. The number of rotatable bonds is 5. The molecular weight excluding hydrogens is 370 g/mol. The molecule has 1 N–H and O–H groups in total. The quantitative estimate of drug-likeness (QED) is 0.670. The summed E-state index contributed by atoms with van der Waals surface area (Å²) in [6.07, 6.45) is 1.69. The lowest BCUT2D eigenvalue weighted by Crippen LogP contribution is -2.38.